The molecule has 0 aliphatic carbocycles. The lowest BCUT2D eigenvalue weighted by atomic mass is 10.5. The second kappa shape index (κ2) is 5.53. The van der Waals surface area contributed by atoms with E-state index in [1.165, 1.54) is 0 Å². The monoisotopic (exact) mass is 302 g/mol. The maximum absolute atomic E-state index is 11.9. The van der Waals surface area contributed by atoms with Crippen molar-refractivity contribution in [1.82, 2.24) is 19.4 Å². The van der Waals surface area contributed by atoms with Crippen LogP contribution in [0.1, 0.15) is 6.92 Å². The molecule has 0 aromatic carbocycles. The highest BCUT2D eigenvalue weighted by Gasteiger charge is 2.23. The third-order valence-corrected chi connectivity index (χ3v) is 5.21. The highest BCUT2D eigenvalue weighted by atomic mass is 32.2. The number of sulfone groups is 1. The number of nitrogen functional groups attached to an aromatic ring is 1. The Bertz CT molecular complexity index is 634. The Balaban J connectivity index is 2.09. The maximum atomic E-state index is 11.9. The molecule has 0 atom stereocenters. The van der Waals surface area contributed by atoms with Crippen LogP contribution in [-0.2, 0) is 16.4 Å². The summed E-state index contributed by atoms with van der Waals surface area (Å²) in [4.78, 5) is 0.0959. The van der Waals surface area contributed by atoms with Crippen molar-refractivity contribution in [2.75, 3.05) is 23.3 Å². The van der Waals surface area contributed by atoms with E-state index in [4.69, 9.17) is 5.73 Å². The summed E-state index contributed by atoms with van der Waals surface area (Å²) in [6.45, 7) is 2.66. The number of aromatic nitrogens is 4. The zero-order chi connectivity index (χ0) is 13.9. The normalized spacial score (nSPS) is 11.6. The zero-order valence-electron chi connectivity index (χ0n) is 10.3. The van der Waals surface area contributed by atoms with E-state index >= 15 is 0 Å². The third-order valence-electron chi connectivity index (χ3n) is 2.46. The molecule has 0 radical (unpaired) electrons. The summed E-state index contributed by atoms with van der Waals surface area (Å²) < 4.78 is 29.4. The van der Waals surface area contributed by atoms with Gasteiger partial charge in [-0.3, -0.25) is 4.68 Å². The molecule has 104 valence electrons. The zero-order valence-corrected chi connectivity index (χ0v) is 11.9. The predicted octanol–water partition coefficient (Wildman–Crippen LogP) is 0.222. The van der Waals surface area contributed by atoms with Crippen LogP contribution < -0.4 is 11.1 Å². The van der Waals surface area contributed by atoms with Crippen molar-refractivity contribution >= 4 is 32.2 Å². The van der Waals surface area contributed by atoms with Crippen molar-refractivity contribution in [2.24, 2.45) is 0 Å². The molecule has 2 rings (SSSR count). The molecular weight excluding hydrogens is 288 g/mol. The first-order chi connectivity index (χ1) is 9.04. The van der Waals surface area contributed by atoms with E-state index in [0.29, 0.717) is 18.1 Å². The topological polar surface area (TPSA) is 116 Å². The Morgan fingerprint density at radius 2 is 2.32 bits per heavy atom. The molecule has 10 heteroatoms. The molecule has 3 N–H and O–H groups in total. The van der Waals surface area contributed by atoms with Crippen molar-refractivity contribution in [3.05, 3.63) is 12.4 Å². The van der Waals surface area contributed by atoms with Crippen LogP contribution in [0.25, 0.3) is 0 Å². The van der Waals surface area contributed by atoms with Gasteiger partial charge in [0.15, 0.2) is 15.7 Å². The van der Waals surface area contributed by atoms with Gasteiger partial charge in [-0.1, -0.05) is 12.1 Å². The Morgan fingerprint density at radius 1 is 1.53 bits per heavy atom. The van der Waals surface area contributed by atoms with E-state index < -0.39 is 9.84 Å². The van der Waals surface area contributed by atoms with Crippen LogP contribution in [0.5, 0.6) is 0 Å². The van der Waals surface area contributed by atoms with Crippen LogP contribution in [0.4, 0.5) is 10.8 Å². The van der Waals surface area contributed by atoms with Gasteiger partial charge in [0.05, 0.1) is 18.5 Å². The molecular formula is C9H14N6O2S2. The number of nitrogens with two attached hydrogens (primary N) is 1. The van der Waals surface area contributed by atoms with E-state index in [9.17, 15) is 8.42 Å². The van der Waals surface area contributed by atoms with Gasteiger partial charge in [-0.05, 0) is 11.5 Å². The SMILES string of the molecule is CCS(=O)(=O)c1c(N)nsc1NCCn1ccnn1. The maximum Gasteiger partial charge on any atom is 0.184 e. The van der Waals surface area contributed by atoms with Gasteiger partial charge < -0.3 is 11.1 Å². The average Bonchev–Trinajstić information content (AvgIpc) is 3.00. The molecule has 2 aromatic rings. The summed E-state index contributed by atoms with van der Waals surface area (Å²) in [6, 6.07) is 0. The second-order valence-electron chi connectivity index (χ2n) is 3.72. The van der Waals surface area contributed by atoms with Gasteiger partial charge in [-0.15, -0.1) is 5.10 Å². The molecule has 0 spiro atoms. The van der Waals surface area contributed by atoms with Crippen molar-refractivity contribution in [3.8, 4) is 0 Å². The number of rotatable bonds is 6. The van der Waals surface area contributed by atoms with E-state index in [2.05, 4.69) is 20.0 Å². The van der Waals surface area contributed by atoms with Crippen molar-refractivity contribution < 1.29 is 8.42 Å². The van der Waals surface area contributed by atoms with E-state index in [1.54, 1.807) is 24.0 Å². The lowest BCUT2D eigenvalue weighted by molar-refractivity contribution is 0.597. The molecule has 2 heterocycles. The minimum atomic E-state index is -3.37. The van der Waals surface area contributed by atoms with Gasteiger partial charge in [0.25, 0.3) is 0 Å². The van der Waals surface area contributed by atoms with Gasteiger partial charge in [-0.2, -0.15) is 4.37 Å². The molecule has 0 amide bonds. The Hall–Kier alpha value is -1.68. The van der Waals surface area contributed by atoms with Gasteiger partial charge in [0.1, 0.15) is 9.90 Å². The lowest BCUT2D eigenvalue weighted by Crippen LogP contribution is -2.13. The molecule has 2 aromatic heterocycles. The Morgan fingerprint density at radius 3 is 2.95 bits per heavy atom. The van der Waals surface area contributed by atoms with Crippen LogP contribution in [0.3, 0.4) is 0 Å². The quantitative estimate of drug-likeness (QED) is 0.784. The first kappa shape index (κ1) is 13.7. The van der Waals surface area contributed by atoms with E-state index in [-0.39, 0.29) is 16.5 Å². The van der Waals surface area contributed by atoms with Crippen molar-refractivity contribution in [1.29, 1.82) is 0 Å². The van der Waals surface area contributed by atoms with Crippen molar-refractivity contribution in [3.63, 3.8) is 0 Å². The number of hydrogen-bond donors (Lipinski definition) is 2. The highest BCUT2D eigenvalue weighted by molar-refractivity contribution is 7.91. The molecule has 0 unspecified atom stereocenters. The van der Waals surface area contributed by atoms with Crippen molar-refractivity contribution in [2.45, 2.75) is 18.4 Å². The van der Waals surface area contributed by atoms with E-state index in [0.717, 1.165) is 11.5 Å². The molecule has 0 aliphatic heterocycles. The number of hydrogen-bond acceptors (Lipinski definition) is 8. The highest BCUT2D eigenvalue weighted by Crippen LogP contribution is 2.31. The Kier molecular flexibility index (Phi) is 4.00. The number of nitrogens with one attached hydrogen (secondary N) is 1. The first-order valence-electron chi connectivity index (χ1n) is 5.60. The summed E-state index contributed by atoms with van der Waals surface area (Å²) in [6.07, 6.45) is 3.31. The molecule has 0 saturated heterocycles. The number of anilines is 2. The van der Waals surface area contributed by atoms with Gasteiger partial charge >= 0.3 is 0 Å². The fraction of sp³-hybridized carbons (Fsp3) is 0.444. The van der Waals surface area contributed by atoms with Crippen LogP contribution >= 0.6 is 11.5 Å². The fourth-order valence-electron chi connectivity index (χ4n) is 1.49. The van der Waals surface area contributed by atoms with Gasteiger partial charge in [-0.25, -0.2) is 8.42 Å². The standard InChI is InChI=1S/C9H14N6O2S2/c1-2-19(16,17)7-8(10)13-18-9(7)11-3-5-15-6-4-12-14-15/h4,6,11H,2-3,5H2,1H3,(H2,10,13). The molecule has 0 saturated carbocycles. The largest absolute Gasteiger partial charge is 0.382 e. The van der Waals surface area contributed by atoms with Crippen LogP contribution in [-0.4, -0.2) is 40.1 Å². The molecule has 0 aliphatic rings. The summed E-state index contributed by atoms with van der Waals surface area (Å²) >= 11 is 1.05. The Labute approximate surface area is 114 Å². The molecule has 19 heavy (non-hydrogen) atoms. The summed E-state index contributed by atoms with van der Waals surface area (Å²) in [5.74, 6) is 0.0444. The minimum absolute atomic E-state index is 0.00658. The minimum Gasteiger partial charge on any atom is -0.382 e. The van der Waals surface area contributed by atoms with Gasteiger partial charge in [0.2, 0.25) is 0 Å². The van der Waals surface area contributed by atoms with Crippen LogP contribution in [0, 0.1) is 0 Å². The van der Waals surface area contributed by atoms with Crippen LogP contribution in [0.15, 0.2) is 17.3 Å². The lowest BCUT2D eigenvalue weighted by Gasteiger charge is -2.06. The number of nitrogens with zero attached hydrogens (tertiary/aromatic N) is 4. The summed E-state index contributed by atoms with van der Waals surface area (Å²) in [5.41, 5.74) is 5.62. The van der Waals surface area contributed by atoms with Crippen LogP contribution in [0.2, 0.25) is 0 Å². The van der Waals surface area contributed by atoms with E-state index in [1.807, 2.05) is 0 Å². The summed E-state index contributed by atoms with van der Waals surface area (Å²) in [7, 11) is -3.37. The third kappa shape index (κ3) is 3.01. The summed E-state index contributed by atoms with van der Waals surface area (Å²) in [5, 5.41) is 11.0. The second-order valence-corrected chi connectivity index (χ2v) is 6.71. The molecule has 0 bridgehead atoms. The predicted molar refractivity (Wildman–Crippen MR) is 72.8 cm³/mol. The average molecular weight is 302 g/mol. The molecule has 8 nitrogen and oxygen atoms in total. The first-order valence-corrected chi connectivity index (χ1v) is 8.03. The fourth-order valence-corrected chi connectivity index (χ4v) is 3.68. The smallest absolute Gasteiger partial charge is 0.184 e. The molecule has 0 fully saturated rings. The van der Waals surface area contributed by atoms with Gasteiger partial charge in [0, 0.05) is 12.7 Å².